The van der Waals surface area contributed by atoms with Gasteiger partial charge in [-0.1, -0.05) is 42.5 Å². The van der Waals surface area contributed by atoms with Crippen LogP contribution in [0.15, 0.2) is 54.6 Å². The summed E-state index contributed by atoms with van der Waals surface area (Å²) in [5.74, 6) is -0.967. The first-order valence-corrected chi connectivity index (χ1v) is 8.47. The maximum absolute atomic E-state index is 11.8. The summed E-state index contributed by atoms with van der Waals surface area (Å²) < 4.78 is 10.5. The van der Waals surface area contributed by atoms with Gasteiger partial charge in [-0.2, -0.15) is 0 Å². The fourth-order valence-corrected chi connectivity index (χ4v) is 2.40. The number of ether oxygens (including phenoxy) is 2. The number of carbonyl (C=O) groups excluding carboxylic acids is 1. The molecule has 0 heterocycles. The van der Waals surface area contributed by atoms with Gasteiger partial charge in [-0.25, -0.2) is 4.79 Å². The van der Waals surface area contributed by atoms with Gasteiger partial charge in [0, 0.05) is 6.54 Å². The maximum atomic E-state index is 11.8. The Morgan fingerprint density at radius 1 is 1.04 bits per heavy atom. The molecular formula is C20H23NO5. The minimum atomic E-state index is -0.970. The standard InChI is InChI=1S/C20H23NO5/c1-2-25-18-10-8-15(9-11-18)12-17(19(22)23)13-21-20(24)26-14-16-6-4-3-5-7-16/h3-11,17H,2,12-14H2,1H3,(H,21,24)(H,22,23). The van der Waals surface area contributed by atoms with Gasteiger partial charge in [0.25, 0.3) is 0 Å². The SMILES string of the molecule is CCOc1ccc(CC(CNC(=O)OCc2ccccc2)C(=O)O)cc1. The van der Waals surface area contributed by atoms with Crippen LogP contribution in [0.2, 0.25) is 0 Å². The quantitative estimate of drug-likeness (QED) is 0.719. The number of carbonyl (C=O) groups is 2. The van der Waals surface area contributed by atoms with E-state index in [1.165, 1.54) is 0 Å². The van der Waals surface area contributed by atoms with E-state index in [1.54, 1.807) is 12.1 Å². The molecule has 2 rings (SSSR count). The van der Waals surface area contributed by atoms with Gasteiger partial charge in [-0.15, -0.1) is 0 Å². The van der Waals surface area contributed by atoms with E-state index in [-0.39, 0.29) is 13.2 Å². The van der Waals surface area contributed by atoms with Crippen LogP contribution in [0.5, 0.6) is 5.75 Å². The normalized spacial score (nSPS) is 11.4. The van der Waals surface area contributed by atoms with Crippen LogP contribution in [0.25, 0.3) is 0 Å². The zero-order chi connectivity index (χ0) is 18.8. The van der Waals surface area contributed by atoms with E-state index in [0.717, 1.165) is 16.9 Å². The summed E-state index contributed by atoms with van der Waals surface area (Å²) >= 11 is 0. The highest BCUT2D eigenvalue weighted by Crippen LogP contribution is 2.15. The van der Waals surface area contributed by atoms with Crippen LogP contribution in [0.3, 0.4) is 0 Å². The smallest absolute Gasteiger partial charge is 0.407 e. The molecule has 1 unspecified atom stereocenters. The van der Waals surface area contributed by atoms with Crippen LogP contribution in [0, 0.1) is 5.92 Å². The lowest BCUT2D eigenvalue weighted by molar-refractivity contribution is -0.141. The second-order valence-electron chi connectivity index (χ2n) is 5.76. The van der Waals surface area contributed by atoms with Crippen molar-refractivity contribution in [1.29, 1.82) is 0 Å². The van der Waals surface area contributed by atoms with Crippen molar-refractivity contribution < 1.29 is 24.2 Å². The number of hydrogen-bond donors (Lipinski definition) is 2. The van der Waals surface area contributed by atoms with E-state index in [4.69, 9.17) is 9.47 Å². The summed E-state index contributed by atoms with van der Waals surface area (Å²) in [7, 11) is 0. The number of hydrogen-bond acceptors (Lipinski definition) is 4. The number of alkyl carbamates (subject to hydrolysis) is 1. The molecule has 0 saturated carbocycles. The molecule has 0 aliphatic carbocycles. The van der Waals surface area contributed by atoms with E-state index < -0.39 is 18.0 Å². The average Bonchev–Trinajstić information content (AvgIpc) is 2.65. The van der Waals surface area contributed by atoms with E-state index in [2.05, 4.69) is 5.32 Å². The molecule has 6 heteroatoms. The molecule has 0 radical (unpaired) electrons. The molecule has 0 fully saturated rings. The van der Waals surface area contributed by atoms with Crippen molar-refractivity contribution in [3.05, 3.63) is 65.7 Å². The van der Waals surface area contributed by atoms with E-state index in [9.17, 15) is 14.7 Å². The summed E-state index contributed by atoms with van der Waals surface area (Å²) in [6.45, 7) is 2.61. The Hall–Kier alpha value is -3.02. The van der Waals surface area contributed by atoms with Crippen LogP contribution in [0.4, 0.5) is 4.79 Å². The Balaban J connectivity index is 1.81. The second-order valence-corrected chi connectivity index (χ2v) is 5.76. The molecule has 6 nitrogen and oxygen atoms in total. The Morgan fingerprint density at radius 2 is 1.73 bits per heavy atom. The largest absolute Gasteiger partial charge is 0.494 e. The predicted octanol–water partition coefficient (Wildman–Crippen LogP) is 3.26. The summed E-state index contributed by atoms with van der Waals surface area (Å²) in [5.41, 5.74) is 1.73. The average molecular weight is 357 g/mol. The van der Waals surface area contributed by atoms with Crippen LogP contribution >= 0.6 is 0 Å². The third-order valence-electron chi connectivity index (χ3n) is 3.77. The summed E-state index contributed by atoms with van der Waals surface area (Å²) in [4.78, 5) is 23.2. The third-order valence-corrected chi connectivity index (χ3v) is 3.77. The molecule has 0 aromatic heterocycles. The van der Waals surface area contributed by atoms with Gasteiger partial charge in [-0.05, 0) is 36.6 Å². The molecule has 138 valence electrons. The number of nitrogens with one attached hydrogen (secondary N) is 1. The number of aliphatic carboxylic acids is 1. The van der Waals surface area contributed by atoms with Crippen molar-refractivity contribution in [2.75, 3.05) is 13.2 Å². The van der Waals surface area contributed by atoms with Gasteiger partial charge in [0.2, 0.25) is 0 Å². The van der Waals surface area contributed by atoms with Crippen molar-refractivity contribution in [3.8, 4) is 5.75 Å². The van der Waals surface area contributed by atoms with E-state index in [0.29, 0.717) is 13.0 Å². The van der Waals surface area contributed by atoms with Crippen LogP contribution in [0.1, 0.15) is 18.1 Å². The highest BCUT2D eigenvalue weighted by atomic mass is 16.5. The molecule has 0 aliphatic heterocycles. The van der Waals surface area contributed by atoms with E-state index in [1.807, 2.05) is 49.4 Å². The number of benzene rings is 2. The fourth-order valence-electron chi connectivity index (χ4n) is 2.40. The van der Waals surface area contributed by atoms with E-state index >= 15 is 0 Å². The van der Waals surface area contributed by atoms with Gasteiger partial charge in [0.05, 0.1) is 12.5 Å². The minimum absolute atomic E-state index is 0.00380. The molecular weight excluding hydrogens is 334 g/mol. The monoisotopic (exact) mass is 357 g/mol. The summed E-state index contributed by atoms with van der Waals surface area (Å²) in [5, 5.41) is 11.9. The highest BCUT2D eigenvalue weighted by Gasteiger charge is 2.19. The molecule has 26 heavy (non-hydrogen) atoms. The Labute approximate surface area is 152 Å². The predicted molar refractivity (Wildman–Crippen MR) is 97.1 cm³/mol. The first-order chi connectivity index (χ1) is 12.6. The topological polar surface area (TPSA) is 84.9 Å². The first kappa shape index (κ1) is 19.3. The van der Waals surface area contributed by atoms with Crippen LogP contribution < -0.4 is 10.1 Å². The van der Waals surface area contributed by atoms with Gasteiger partial charge in [0.15, 0.2) is 0 Å². The first-order valence-electron chi connectivity index (χ1n) is 8.47. The lowest BCUT2D eigenvalue weighted by Gasteiger charge is -2.14. The molecule has 0 saturated heterocycles. The Kier molecular flexibility index (Phi) is 7.49. The van der Waals surface area contributed by atoms with Crippen molar-refractivity contribution in [3.63, 3.8) is 0 Å². The highest BCUT2D eigenvalue weighted by molar-refractivity contribution is 5.73. The lowest BCUT2D eigenvalue weighted by Crippen LogP contribution is -2.34. The van der Waals surface area contributed by atoms with Gasteiger partial charge in [-0.3, -0.25) is 4.79 Å². The second kappa shape index (κ2) is 10.1. The summed E-state index contributed by atoms with van der Waals surface area (Å²) in [6.07, 6.45) is -0.326. The zero-order valence-electron chi connectivity index (χ0n) is 14.7. The van der Waals surface area contributed by atoms with Gasteiger partial charge < -0.3 is 19.9 Å². The number of carboxylic acid groups (broad SMARTS) is 1. The molecule has 0 aliphatic rings. The molecule has 2 aromatic carbocycles. The third kappa shape index (κ3) is 6.47. The minimum Gasteiger partial charge on any atom is -0.494 e. The zero-order valence-corrected chi connectivity index (χ0v) is 14.7. The van der Waals surface area contributed by atoms with Crippen LogP contribution in [-0.4, -0.2) is 30.3 Å². The Bertz CT molecular complexity index is 700. The molecule has 1 amide bonds. The van der Waals surface area contributed by atoms with Crippen molar-refractivity contribution in [1.82, 2.24) is 5.32 Å². The summed E-state index contributed by atoms with van der Waals surface area (Å²) in [6, 6.07) is 16.5. The van der Waals surface area contributed by atoms with Crippen molar-refractivity contribution in [2.24, 2.45) is 5.92 Å². The fraction of sp³-hybridized carbons (Fsp3) is 0.300. The molecule has 0 bridgehead atoms. The molecule has 2 N–H and O–H groups in total. The van der Waals surface area contributed by atoms with Crippen molar-refractivity contribution in [2.45, 2.75) is 20.0 Å². The van der Waals surface area contributed by atoms with Crippen molar-refractivity contribution >= 4 is 12.1 Å². The maximum Gasteiger partial charge on any atom is 0.407 e. The van der Waals surface area contributed by atoms with Gasteiger partial charge in [0.1, 0.15) is 12.4 Å². The number of carboxylic acids is 1. The Morgan fingerprint density at radius 3 is 2.35 bits per heavy atom. The van der Waals surface area contributed by atoms with Gasteiger partial charge >= 0.3 is 12.1 Å². The molecule has 0 spiro atoms. The number of amides is 1. The number of rotatable bonds is 9. The lowest BCUT2D eigenvalue weighted by atomic mass is 9.99. The molecule has 2 aromatic rings. The molecule has 1 atom stereocenters. The van der Waals surface area contributed by atoms with Crippen LogP contribution in [-0.2, 0) is 22.6 Å².